The molecular formula is C26H46NO2S+. The maximum Gasteiger partial charge on any atom is 0.303 e. The molecule has 1 atom stereocenters. The summed E-state index contributed by atoms with van der Waals surface area (Å²) in [4.78, 5) is 11.4. The van der Waals surface area contributed by atoms with Crippen LogP contribution in [0.15, 0.2) is 30.6 Å². The highest BCUT2D eigenvalue weighted by molar-refractivity contribution is 7.99. The number of rotatable bonds is 20. The van der Waals surface area contributed by atoms with Gasteiger partial charge in [0.15, 0.2) is 25.0 Å². The van der Waals surface area contributed by atoms with Crippen molar-refractivity contribution >= 4 is 17.7 Å². The maximum atomic E-state index is 11.4. The summed E-state index contributed by atoms with van der Waals surface area (Å²) in [5.41, 5.74) is 0. The third-order valence-corrected chi connectivity index (χ3v) is 6.66. The fraction of sp³-hybridized carbons (Fsp3) is 0.769. The highest BCUT2D eigenvalue weighted by Crippen LogP contribution is 2.15. The predicted octanol–water partition coefficient (Wildman–Crippen LogP) is 7.12. The van der Waals surface area contributed by atoms with Gasteiger partial charge >= 0.3 is 5.97 Å². The Bertz CT molecular complexity index is 509. The first-order valence-electron chi connectivity index (χ1n) is 12.4. The van der Waals surface area contributed by atoms with Crippen molar-refractivity contribution in [2.45, 2.75) is 116 Å². The van der Waals surface area contributed by atoms with Gasteiger partial charge in [-0.2, -0.15) is 11.8 Å². The van der Waals surface area contributed by atoms with E-state index in [0.717, 1.165) is 18.1 Å². The van der Waals surface area contributed by atoms with Crippen molar-refractivity contribution in [1.82, 2.24) is 0 Å². The number of nitrogens with zero attached hydrogens (tertiary/aromatic N) is 1. The van der Waals surface area contributed by atoms with Crippen LogP contribution in [0.2, 0.25) is 0 Å². The Labute approximate surface area is 190 Å². The Morgan fingerprint density at radius 3 is 1.80 bits per heavy atom. The molecule has 30 heavy (non-hydrogen) atoms. The second-order valence-electron chi connectivity index (χ2n) is 8.47. The molecule has 0 fully saturated rings. The molecule has 3 nitrogen and oxygen atoms in total. The fourth-order valence-electron chi connectivity index (χ4n) is 3.76. The number of ether oxygens (including phenoxy) is 1. The Hall–Kier alpha value is -1.03. The average molecular weight is 437 g/mol. The molecule has 0 aliphatic carbocycles. The number of carbonyl (C=O) groups is 1. The normalized spacial score (nSPS) is 12.1. The van der Waals surface area contributed by atoms with E-state index in [4.69, 9.17) is 4.74 Å². The SMILES string of the molecule is CCCCCCCCCCCCCCCCSCC(C[n+]1ccccc1)OC(C)=O. The van der Waals surface area contributed by atoms with Gasteiger partial charge in [-0.1, -0.05) is 96.5 Å². The molecule has 172 valence electrons. The second kappa shape index (κ2) is 19.9. The lowest BCUT2D eigenvalue weighted by atomic mass is 10.0. The summed E-state index contributed by atoms with van der Waals surface area (Å²) < 4.78 is 7.58. The van der Waals surface area contributed by atoms with Crippen molar-refractivity contribution in [2.75, 3.05) is 11.5 Å². The Morgan fingerprint density at radius 2 is 1.30 bits per heavy atom. The van der Waals surface area contributed by atoms with E-state index in [1.807, 2.05) is 42.4 Å². The third-order valence-electron chi connectivity index (χ3n) is 5.47. The zero-order valence-corrected chi connectivity index (χ0v) is 20.5. The van der Waals surface area contributed by atoms with E-state index >= 15 is 0 Å². The lowest BCUT2D eigenvalue weighted by Crippen LogP contribution is -2.41. The van der Waals surface area contributed by atoms with Crippen molar-refractivity contribution in [1.29, 1.82) is 0 Å². The molecule has 0 bridgehead atoms. The number of thioether (sulfide) groups is 1. The smallest absolute Gasteiger partial charge is 0.303 e. The minimum absolute atomic E-state index is 0.0495. The molecule has 0 saturated heterocycles. The molecule has 0 amide bonds. The number of pyridine rings is 1. The Morgan fingerprint density at radius 1 is 0.800 bits per heavy atom. The van der Waals surface area contributed by atoms with E-state index < -0.39 is 0 Å². The van der Waals surface area contributed by atoms with E-state index in [1.54, 1.807) is 0 Å². The summed E-state index contributed by atoms with van der Waals surface area (Å²) in [6.07, 6.45) is 23.6. The van der Waals surface area contributed by atoms with Gasteiger partial charge in [0.05, 0.1) is 0 Å². The monoisotopic (exact) mass is 436 g/mol. The summed E-state index contributed by atoms with van der Waals surface area (Å²) >= 11 is 1.92. The van der Waals surface area contributed by atoms with Crippen LogP contribution in [0.5, 0.6) is 0 Å². The molecule has 0 saturated carbocycles. The topological polar surface area (TPSA) is 30.2 Å². The number of hydrogen-bond acceptors (Lipinski definition) is 3. The van der Waals surface area contributed by atoms with Crippen LogP contribution < -0.4 is 4.57 Å². The summed E-state index contributed by atoms with van der Waals surface area (Å²) in [5, 5.41) is 0. The van der Waals surface area contributed by atoms with Gasteiger partial charge in [0.25, 0.3) is 0 Å². The van der Waals surface area contributed by atoms with Crippen LogP contribution in [0, 0.1) is 0 Å². The molecule has 4 heteroatoms. The van der Waals surface area contributed by atoms with Crippen LogP contribution in [0.3, 0.4) is 0 Å². The molecule has 1 aromatic rings. The largest absolute Gasteiger partial charge is 0.455 e. The van der Waals surface area contributed by atoms with E-state index in [2.05, 4.69) is 11.5 Å². The zero-order chi connectivity index (χ0) is 21.7. The molecular weight excluding hydrogens is 390 g/mol. The van der Waals surface area contributed by atoms with Gasteiger partial charge in [0, 0.05) is 24.8 Å². The molecule has 0 aliphatic rings. The van der Waals surface area contributed by atoms with Crippen molar-refractivity contribution in [3.8, 4) is 0 Å². The first-order chi connectivity index (χ1) is 14.7. The van der Waals surface area contributed by atoms with Crippen LogP contribution in [-0.4, -0.2) is 23.6 Å². The third kappa shape index (κ3) is 16.7. The Balaban J connectivity index is 1.92. The van der Waals surface area contributed by atoms with E-state index in [9.17, 15) is 4.79 Å². The number of aromatic nitrogens is 1. The summed E-state index contributed by atoms with van der Waals surface area (Å²) in [6, 6.07) is 6.01. The van der Waals surface area contributed by atoms with Crippen LogP contribution in [0.1, 0.15) is 104 Å². The van der Waals surface area contributed by atoms with Crippen molar-refractivity contribution in [3.63, 3.8) is 0 Å². The van der Waals surface area contributed by atoms with E-state index in [-0.39, 0.29) is 12.1 Å². The zero-order valence-electron chi connectivity index (χ0n) is 19.7. The van der Waals surface area contributed by atoms with Crippen molar-refractivity contribution in [2.24, 2.45) is 0 Å². The van der Waals surface area contributed by atoms with Gasteiger partial charge in [-0.25, -0.2) is 4.57 Å². The van der Waals surface area contributed by atoms with Crippen molar-refractivity contribution < 1.29 is 14.1 Å². The fourth-order valence-corrected chi connectivity index (χ4v) is 4.77. The number of unbranched alkanes of at least 4 members (excludes halogenated alkanes) is 13. The molecule has 1 aromatic heterocycles. The molecule has 0 spiro atoms. The van der Waals surface area contributed by atoms with E-state index in [1.165, 1.54) is 96.8 Å². The molecule has 1 unspecified atom stereocenters. The first kappa shape index (κ1) is 27.0. The average Bonchev–Trinajstić information content (AvgIpc) is 2.73. The van der Waals surface area contributed by atoms with Gasteiger partial charge in [0.1, 0.15) is 0 Å². The summed E-state index contributed by atoms with van der Waals surface area (Å²) in [7, 11) is 0. The second-order valence-corrected chi connectivity index (χ2v) is 9.62. The lowest BCUT2D eigenvalue weighted by Gasteiger charge is -2.13. The maximum absolute atomic E-state index is 11.4. The van der Waals surface area contributed by atoms with E-state index in [0.29, 0.717) is 0 Å². The van der Waals surface area contributed by atoms with Crippen LogP contribution >= 0.6 is 11.8 Å². The first-order valence-corrected chi connectivity index (χ1v) is 13.6. The standard InChI is InChI=1S/C26H46NO2S/c1-3-4-5-6-7-8-9-10-11-12-13-14-15-19-22-30-24-26(29-25(2)28)23-27-20-17-16-18-21-27/h16-18,20-21,26H,3-15,19,22-24H2,1-2H3/q+1. The minimum Gasteiger partial charge on any atom is -0.455 e. The van der Waals surface area contributed by atoms with Gasteiger partial charge < -0.3 is 4.74 Å². The highest BCUT2D eigenvalue weighted by Gasteiger charge is 2.17. The summed E-state index contributed by atoms with van der Waals surface area (Å²) in [5.74, 6) is 1.85. The number of hydrogen-bond donors (Lipinski definition) is 0. The number of carbonyl (C=O) groups excluding carboxylic acids is 1. The van der Waals surface area contributed by atoms with Crippen molar-refractivity contribution in [3.05, 3.63) is 30.6 Å². The molecule has 0 aliphatic heterocycles. The predicted molar refractivity (Wildman–Crippen MR) is 130 cm³/mol. The molecule has 1 heterocycles. The minimum atomic E-state index is -0.186. The molecule has 0 radical (unpaired) electrons. The molecule has 0 N–H and O–H groups in total. The van der Waals surface area contributed by atoms with Crippen LogP contribution in [0.25, 0.3) is 0 Å². The Kier molecular flexibility index (Phi) is 17.9. The van der Waals surface area contributed by atoms with Crippen LogP contribution in [0.4, 0.5) is 0 Å². The molecule has 0 aromatic carbocycles. The quantitative estimate of drug-likeness (QED) is 0.124. The van der Waals surface area contributed by atoms with Gasteiger partial charge in [0.2, 0.25) is 0 Å². The summed E-state index contributed by atoms with van der Waals surface area (Å²) in [6.45, 7) is 4.51. The lowest BCUT2D eigenvalue weighted by molar-refractivity contribution is -0.702. The van der Waals surface area contributed by atoms with Gasteiger partial charge in [-0.15, -0.1) is 0 Å². The van der Waals surface area contributed by atoms with Gasteiger partial charge in [-0.05, 0) is 12.2 Å². The van der Waals surface area contributed by atoms with Gasteiger partial charge in [-0.3, -0.25) is 4.79 Å². The number of esters is 1. The molecule has 1 rings (SSSR count). The highest BCUT2D eigenvalue weighted by atomic mass is 32.2. The van der Waals surface area contributed by atoms with Crippen LogP contribution in [-0.2, 0) is 16.1 Å².